The number of pyridine rings is 1. The molecule has 0 aliphatic carbocycles. The standard InChI is InChI=1S/C19H22FN3O2/c20-16-6-4-14(5-7-16)11-23-8-9-25-13-15(12-23)10-17-2-1-3-18(22-17)19(21)24/h1-7,15H,8-13H2,(H2,21,24)/t15-/m0/s1. The Bertz CT molecular complexity index is 721. The third-order valence-electron chi connectivity index (χ3n) is 4.30. The summed E-state index contributed by atoms with van der Waals surface area (Å²) in [5.41, 5.74) is 7.51. The van der Waals surface area contributed by atoms with Crippen molar-refractivity contribution in [2.45, 2.75) is 13.0 Å². The van der Waals surface area contributed by atoms with Crippen molar-refractivity contribution in [2.75, 3.05) is 26.3 Å². The Morgan fingerprint density at radius 1 is 1.28 bits per heavy atom. The number of halogens is 1. The first-order valence-corrected chi connectivity index (χ1v) is 8.40. The number of aromatic nitrogens is 1. The molecule has 1 aromatic carbocycles. The Kier molecular flexibility index (Phi) is 5.73. The van der Waals surface area contributed by atoms with Gasteiger partial charge in [0.25, 0.3) is 5.91 Å². The van der Waals surface area contributed by atoms with Gasteiger partial charge in [-0.2, -0.15) is 0 Å². The molecule has 5 nitrogen and oxygen atoms in total. The summed E-state index contributed by atoms with van der Waals surface area (Å²) in [5, 5.41) is 0. The molecule has 1 aromatic heterocycles. The van der Waals surface area contributed by atoms with Crippen molar-refractivity contribution in [3.8, 4) is 0 Å². The first-order chi connectivity index (χ1) is 12.1. The van der Waals surface area contributed by atoms with E-state index in [1.54, 1.807) is 12.1 Å². The number of carbonyl (C=O) groups is 1. The van der Waals surface area contributed by atoms with E-state index in [2.05, 4.69) is 9.88 Å². The second-order valence-corrected chi connectivity index (χ2v) is 6.39. The summed E-state index contributed by atoms with van der Waals surface area (Å²) < 4.78 is 18.8. The van der Waals surface area contributed by atoms with Crippen molar-refractivity contribution in [1.82, 2.24) is 9.88 Å². The highest BCUT2D eigenvalue weighted by atomic mass is 19.1. The Hall–Kier alpha value is -2.31. The van der Waals surface area contributed by atoms with Gasteiger partial charge in [0, 0.05) is 31.2 Å². The Morgan fingerprint density at radius 3 is 2.84 bits per heavy atom. The predicted molar refractivity (Wildman–Crippen MR) is 92.4 cm³/mol. The average Bonchev–Trinajstić information content (AvgIpc) is 2.82. The molecule has 1 atom stereocenters. The van der Waals surface area contributed by atoms with Crippen molar-refractivity contribution >= 4 is 5.91 Å². The minimum atomic E-state index is -0.517. The molecule has 6 heteroatoms. The van der Waals surface area contributed by atoms with E-state index in [0.29, 0.717) is 13.2 Å². The van der Waals surface area contributed by atoms with Crippen molar-refractivity contribution in [1.29, 1.82) is 0 Å². The van der Waals surface area contributed by atoms with Crippen LogP contribution in [0.2, 0.25) is 0 Å². The van der Waals surface area contributed by atoms with Crippen LogP contribution < -0.4 is 5.73 Å². The average molecular weight is 343 g/mol. The number of hydrogen-bond acceptors (Lipinski definition) is 4. The summed E-state index contributed by atoms with van der Waals surface area (Å²) in [6.45, 7) is 3.78. The van der Waals surface area contributed by atoms with Crippen molar-refractivity contribution in [3.63, 3.8) is 0 Å². The molecule has 0 saturated carbocycles. The van der Waals surface area contributed by atoms with Gasteiger partial charge in [-0.05, 0) is 36.2 Å². The molecular formula is C19H22FN3O2. The second kappa shape index (κ2) is 8.18. The van der Waals surface area contributed by atoms with E-state index in [0.717, 1.165) is 37.3 Å². The van der Waals surface area contributed by atoms with Crippen LogP contribution in [0.5, 0.6) is 0 Å². The molecule has 2 N–H and O–H groups in total. The summed E-state index contributed by atoms with van der Waals surface area (Å²) in [4.78, 5) is 17.9. The zero-order valence-electron chi connectivity index (χ0n) is 14.0. The highest BCUT2D eigenvalue weighted by Crippen LogP contribution is 2.16. The summed E-state index contributed by atoms with van der Waals surface area (Å²) >= 11 is 0. The maximum atomic E-state index is 13.1. The molecule has 25 heavy (non-hydrogen) atoms. The lowest BCUT2D eigenvalue weighted by molar-refractivity contribution is 0.0995. The fourth-order valence-corrected chi connectivity index (χ4v) is 3.09. The molecule has 1 saturated heterocycles. The Balaban J connectivity index is 1.64. The molecule has 2 heterocycles. The maximum absolute atomic E-state index is 13.1. The summed E-state index contributed by atoms with van der Waals surface area (Å²) in [7, 11) is 0. The van der Waals surface area contributed by atoms with Crippen LogP contribution >= 0.6 is 0 Å². The van der Waals surface area contributed by atoms with E-state index in [1.807, 2.05) is 18.2 Å². The second-order valence-electron chi connectivity index (χ2n) is 6.39. The molecule has 1 amide bonds. The number of nitrogens with zero attached hydrogens (tertiary/aromatic N) is 2. The van der Waals surface area contributed by atoms with Gasteiger partial charge in [-0.15, -0.1) is 0 Å². The monoisotopic (exact) mass is 343 g/mol. The zero-order valence-corrected chi connectivity index (χ0v) is 14.0. The third-order valence-corrected chi connectivity index (χ3v) is 4.30. The van der Waals surface area contributed by atoms with E-state index in [4.69, 9.17) is 10.5 Å². The molecule has 1 aliphatic heterocycles. The molecule has 0 bridgehead atoms. The van der Waals surface area contributed by atoms with Crippen LogP contribution in [0, 0.1) is 11.7 Å². The third kappa shape index (κ3) is 5.08. The van der Waals surface area contributed by atoms with Gasteiger partial charge in [0.1, 0.15) is 11.5 Å². The smallest absolute Gasteiger partial charge is 0.267 e. The number of nitrogens with two attached hydrogens (primary N) is 1. The fourth-order valence-electron chi connectivity index (χ4n) is 3.09. The highest BCUT2D eigenvalue weighted by Gasteiger charge is 2.20. The van der Waals surface area contributed by atoms with Gasteiger partial charge < -0.3 is 10.5 Å². The van der Waals surface area contributed by atoms with Gasteiger partial charge in [-0.1, -0.05) is 18.2 Å². The van der Waals surface area contributed by atoms with Crippen LogP contribution in [-0.4, -0.2) is 42.1 Å². The lowest BCUT2D eigenvalue weighted by atomic mass is 10.0. The van der Waals surface area contributed by atoms with E-state index < -0.39 is 5.91 Å². The SMILES string of the molecule is NC(=O)c1cccc(C[C@@H]2COCCN(Cc3ccc(F)cc3)C2)n1. The van der Waals surface area contributed by atoms with E-state index in [-0.39, 0.29) is 17.4 Å². The number of carbonyl (C=O) groups excluding carboxylic acids is 1. The lowest BCUT2D eigenvalue weighted by Gasteiger charge is -2.23. The normalized spacial score (nSPS) is 18.7. The van der Waals surface area contributed by atoms with Gasteiger partial charge in [-0.3, -0.25) is 9.69 Å². The maximum Gasteiger partial charge on any atom is 0.267 e. The number of primary amides is 1. The van der Waals surface area contributed by atoms with Crippen molar-refractivity contribution in [3.05, 3.63) is 65.2 Å². The number of amides is 1. The van der Waals surface area contributed by atoms with Crippen LogP contribution in [0.15, 0.2) is 42.5 Å². The molecule has 0 unspecified atom stereocenters. The topological polar surface area (TPSA) is 68.5 Å². The molecule has 1 aliphatic rings. The van der Waals surface area contributed by atoms with Gasteiger partial charge in [0.15, 0.2) is 0 Å². The van der Waals surface area contributed by atoms with Gasteiger partial charge in [0.2, 0.25) is 0 Å². The van der Waals surface area contributed by atoms with Crippen LogP contribution in [0.3, 0.4) is 0 Å². The fraction of sp³-hybridized carbons (Fsp3) is 0.368. The molecule has 0 radical (unpaired) electrons. The molecule has 132 valence electrons. The van der Waals surface area contributed by atoms with Crippen LogP contribution in [0.1, 0.15) is 21.7 Å². The Labute approximate surface area is 146 Å². The minimum absolute atomic E-state index is 0.221. The van der Waals surface area contributed by atoms with E-state index >= 15 is 0 Å². The molecule has 1 fully saturated rings. The van der Waals surface area contributed by atoms with E-state index in [9.17, 15) is 9.18 Å². The molecular weight excluding hydrogens is 321 g/mol. The number of benzene rings is 1. The molecule has 0 spiro atoms. The van der Waals surface area contributed by atoms with Crippen LogP contribution in [0.4, 0.5) is 4.39 Å². The van der Waals surface area contributed by atoms with E-state index in [1.165, 1.54) is 12.1 Å². The Morgan fingerprint density at radius 2 is 2.08 bits per heavy atom. The van der Waals surface area contributed by atoms with Crippen LogP contribution in [0.25, 0.3) is 0 Å². The van der Waals surface area contributed by atoms with Gasteiger partial charge in [-0.25, -0.2) is 9.37 Å². The largest absolute Gasteiger partial charge is 0.380 e. The molecule has 3 rings (SSSR count). The van der Waals surface area contributed by atoms with Gasteiger partial charge in [0.05, 0.1) is 13.2 Å². The predicted octanol–water partition coefficient (Wildman–Crippen LogP) is 2.01. The number of rotatable bonds is 5. The highest BCUT2D eigenvalue weighted by molar-refractivity contribution is 5.90. The lowest BCUT2D eigenvalue weighted by Crippen LogP contribution is -2.30. The van der Waals surface area contributed by atoms with Crippen molar-refractivity contribution < 1.29 is 13.9 Å². The first kappa shape index (κ1) is 17.5. The summed E-state index contributed by atoms with van der Waals surface area (Å²) in [6.07, 6.45) is 0.723. The van der Waals surface area contributed by atoms with Crippen LogP contribution in [-0.2, 0) is 17.7 Å². The summed E-state index contributed by atoms with van der Waals surface area (Å²) in [5.74, 6) is -0.461. The summed E-state index contributed by atoms with van der Waals surface area (Å²) in [6, 6.07) is 11.9. The van der Waals surface area contributed by atoms with Crippen molar-refractivity contribution in [2.24, 2.45) is 11.7 Å². The number of hydrogen-bond donors (Lipinski definition) is 1. The molecule has 2 aromatic rings. The minimum Gasteiger partial charge on any atom is -0.380 e. The quantitative estimate of drug-likeness (QED) is 0.902. The van der Waals surface area contributed by atoms with Gasteiger partial charge >= 0.3 is 0 Å². The zero-order chi connectivity index (χ0) is 17.6. The number of ether oxygens (including phenoxy) is 1. The first-order valence-electron chi connectivity index (χ1n) is 8.40.